The minimum absolute atomic E-state index is 0.251. The molecule has 1 aromatic heterocycles. The van der Waals surface area contributed by atoms with E-state index < -0.39 is 0 Å². The van der Waals surface area contributed by atoms with Crippen molar-refractivity contribution in [3.05, 3.63) is 75.2 Å². The van der Waals surface area contributed by atoms with Gasteiger partial charge in [-0.2, -0.15) is 0 Å². The lowest BCUT2D eigenvalue weighted by Crippen LogP contribution is -2.19. The van der Waals surface area contributed by atoms with Crippen molar-refractivity contribution in [1.29, 1.82) is 0 Å². The SMILES string of the molecule is COc1ccc(Cc2nnc(Nc3cccc(C)c3C)[nH]c2=O)cc1. The Morgan fingerprint density at radius 1 is 1.08 bits per heavy atom. The van der Waals surface area contributed by atoms with E-state index in [1.807, 2.05) is 56.3 Å². The zero-order valence-corrected chi connectivity index (χ0v) is 14.5. The molecule has 0 atom stereocenters. The van der Waals surface area contributed by atoms with Crippen molar-refractivity contribution in [2.24, 2.45) is 0 Å². The van der Waals surface area contributed by atoms with E-state index in [2.05, 4.69) is 20.5 Å². The molecule has 0 aliphatic rings. The van der Waals surface area contributed by atoms with Crippen LogP contribution in [-0.2, 0) is 6.42 Å². The van der Waals surface area contributed by atoms with Gasteiger partial charge in [-0.15, -0.1) is 10.2 Å². The van der Waals surface area contributed by atoms with Crippen LogP contribution in [0, 0.1) is 13.8 Å². The van der Waals surface area contributed by atoms with Crippen molar-refractivity contribution in [3.8, 4) is 5.75 Å². The number of anilines is 2. The van der Waals surface area contributed by atoms with Crippen LogP contribution in [0.2, 0.25) is 0 Å². The van der Waals surface area contributed by atoms with E-state index in [0.29, 0.717) is 18.1 Å². The highest BCUT2D eigenvalue weighted by Crippen LogP contribution is 2.20. The van der Waals surface area contributed by atoms with Gasteiger partial charge in [-0.3, -0.25) is 9.78 Å². The number of nitrogens with one attached hydrogen (secondary N) is 2. The van der Waals surface area contributed by atoms with E-state index in [-0.39, 0.29) is 5.56 Å². The van der Waals surface area contributed by atoms with E-state index in [1.54, 1.807) is 7.11 Å². The number of methoxy groups -OCH3 is 1. The zero-order chi connectivity index (χ0) is 17.8. The molecule has 2 N–H and O–H groups in total. The Hall–Kier alpha value is -3.15. The monoisotopic (exact) mass is 336 g/mol. The number of aromatic nitrogens is 3. The van der Waals surface area contributed by atoms with Crippen LogP contribution in [-0.4, -0.2) is 22.3 Å². The second-order valence-corrected chi connectivity index (χ2v) is 5.85. The van der Waals surface area contributed by atoms with Gasteiger partial charge in [0.1, 0.15) is 11.4 Å². The predicted molar refractivity (Wildman–Crippen MR) is 97.7 cm³/mol. The van der Waals surface area contributed by atoms with E-state index >= 15 is 0 Å². The Morgan fingerprint density at radius 3 is 2.52 bits per heavy atom. The van der Waals surface area contributed by atoms with Gasteiger partial charge in [-0.25, -0.2) is 0 Å². The Bertz CT molecular complexity index is 933. The van der Waals surface area contributed by atoms with Gasteiger partial charge >= 0.3 is 0 Å². The molecule has 3 rings (SSSR count). The number of ether oxygens (including phenoxy) is 1. The smallest absolute Gasteiger partial charge is 0.274 e. The molecule has 0 radical (unpaired) electrons. The molecule has 25 heavy (non-hydrogen) atoms. The maximum Gasteiger partial charge on any atom is 0.274 e. The first-order valence-corrected chi connectivity index (χ1v) is 7.99. The fourth-order valence-corrected chi connectivity index (χ4v) is 2.48. The lowest BCUT2D eigenvalue weighted by Gasteiger charge is -2.10. The van der Waals surface area contributed by atoms with Gasteiger partial charge in [0.05, 0.1) is 7.11 Å². The molecule has 6 heteroatoms. The third-order valence-corrected chi connectivity index (χ3v) is 4.15. The van der Waals surface area contributed by atoms with Crippen molar-refractivity contribution in [2.45, 2.75) is 20.3 Å². The molecule has 2 aromatic carbocycles. The van der Waals surface area contributed by atoms with Crippen LogP contribution in [0.3, 0.4) is 0 Å². The first-order chi connectivity index (χ1) is 12.1. The molecular formula is C19H20N4O2. The van der Waals surface area contributed by atoms with Crippen molar-refractivity contribution in [2.75, 3.05) is 12.4 Å². The predicted octanol–water partition coefficient (Wildman–Crippen LogP) is 3.12. The number of benzene rings is 2. The Labute approximate surface area is 145 Å². The lowest BCUT2D eigenvalue weighted by molar-refractivity contribution is 0.414. The zero-order valence-electron chi connectivity index (χ0n) is 14.5. The summed E-state index contributed by atoms with van der Waals surface area (Å²) < 4.78 is 5.13. The van der Waals surface area contributed by atoms with Gasteiger partial charge in [-0.1, -0.05) is 24.3 Å². The van der Waals surface area contributed by atoms with Crippen molar-refractivity contribution < 1.29 is 4.74 Å². The number of aromatic amines is 1. The van der Waals surface area contributed by atoms with Crippen LogP contribution in [0.25, 0.3) is 0 Å². The molecule has 0 bridgehead atoms. The molecule has 0 saturated heterocycles. The van der Waals surface area contributed by atoms with Crippen LogP contribution >= 0.6 is 0 Å². The van der Waals surface area contributed by atoms with E-state index in [1.165, 1.54) is 0 Å². The molecule has 1 heterocycles. The fraction of sp³-hybridized carbons (Fsp3) is 0.211. The van der Waals surface area contributed by atoms with Gasteiger partial charge in [0.25, 0.3) is 5.56 Å². The van der Waals surface area contributed by atoms with E-state index in [9.17, 15) is 4.79 Å². The van der Waals surface area contributed by atoms with Crippen LogP contribution in [0.4, 0.5) is 11.6 Å². The molecule has 128 valence electrons. The van der Waals surface area contributed by atoms with Crippen LogP contribution in [0.5, 0.6) is 5.75 Å². The summed E-state index contributed by atoms with van der Waals surface area (Å²) in [5, 5.41) is 11.3. The van der Waals surface area contributed by atoms with Gasteiger partial charge in [0, 0.05) is 12.1 Å². The number of aryl methyl sites for hydroxylation is 1. The molecule has 0 fully saturated rings. The van der Waals surface area contributed by atoms with Gasteiger partial charge in [0.15, 0.2) is 0 Å². The largest absolute Gasteiger partial charge is 0.497 e. The van der Waals surface area contributed by atoms with Crippen molar-refractivity contribution in [3.63, 3.8) is 0 Å². The summed E-state index contributed by atoms with van der Waals surface area (Å²) in [5.41, 5.74) is 4.25. The number of nitrogens with zero attached hydrogens (tertiary/aromatic N) is 2. The molecule has 0 unspecified atom stereocenters. The topological polar surface area (TPSA) is 79.9 Å². The highest BCUT2D eigenvalue weighted by Gasteiger charge is 2.08. The fourth-order valence-electron chi connectivity index (χ4n) is 2.48. The van der Waals surface area contributed by atoms with Gasteiger partial charge in [0.2, 0.25) is 5.95 Å². The van der Waals surface area contributed by atoms with Crippen LogP contribution < -0.4 is 15.6 Å². The molecule has 0 aliphatic carbocycles. The summed E-state index contributed by atoms with van der Waals surface area (Å²) in [6.07, 6.45) is 0.413. The summed E-state index contributed by atoms with van der Waals surface area (Å²) >= 11 is 0. The normalized spacial score (nSPS) is 10.5. The number of rotatable bonds is 5. The summed E-state index contributed by atoms with van der Waals surface area (Å²) in [4.78, 5) is 15.0. The maximum atomic E-state index is 12.3. The summed E-state index contributed by atoms with van der Waals surface area (Å²) in [6.45, 7) is 4.05. The maximum absolute atomic E-state index is 12.3. The second-order valence-electron chi connectivity index (χ2n) is 5.85. The summed E-state index contributed by atoms with van der Waals surface area (Å²) in [6, 6.07) is 13.4. The van der Waals surface area contributed by atoms with Gasteiger partial charge < -0.3 is 10.1 Å². The summed E-state index contributed by atoms with van der Waals surface area (Å²) in [7, 11) is 1.62. The Balaban J connectivity index is 1.78. The average Bonchev–Trinajstić information content (AvgIpc) is 2.62. The van der Waals surface area contributed by atoms with Crippen molar-refractivity contribution >= 4 is 11.6 Å². The quantitative estimate of drug-likeness (QED) is 0.748. The first kappa shape index (κ1) is 16.7. The third kappa shape index (κ3) is 3.85. The minimum atomic E-state index is -0.251. The summed E-state index contributed by atoms with van der Waals surface area (Å²) in [5.74, 6) is 1.11. The van der Waals surface area contributed by atoms with Crippen molar-refractivity contribution in [1.82, 2.24) is 15.2 Å². The second kappa shape index (κ2) is 7.17. The average molecular weight is 336 g/mol. The molecule has 0 spiro atoms. The highest BCUT2D eigenvalue weighted by atomic mass is 16.5. The standard InChI is InChI=1S/C19H20N4O2/c1-12-5-4-6-16(13(12)2)20-19-21-18(24)17(22-23-19)11-14-7-9-15(25-3)10-8-14/h4-10H,11H2,1-3H3,(H2,20,21,23,24). The Morgan fingerprint density at radius 2 is 1.84 bits per heavy atom. The molecule has 0 saturated carbocycles. The minimum Gasteiger partial charge on any atom is -0.497 e. The molecule has 6 nitrogen and oxygen atoms in total. The van der Waals surface area contributed by atoms with Crippen LogP contribution in [0.15, 0.2) is 47.3 Å². The van der Waals surface area contributed by atoms with Gasteiger partial charge in [-0.05, 0) is 48.7 Å². The van der Waals surface area contributed by atoms with E-state index in [4.69, 9.17) is 4.74 Å². The molecule has 0 amide bonds. The van der Waals surface area contributed by atoms with Crippen LogP contribution in [0.1, 0.15) is 22.4 Å². The number of hydrogen-bond donors (Lipinski definition) is 2. The third-order valence-electron chi connectivity index (χ3n) is 4.15. The molecular weight excluding hydrogens is 316 g/mol. The molecule has 3 aromatic rings. The number of hydrogen-bond acceptors (Lipinski definition) is 5. The number of H-pyrrole nitrogens is 1. The molecule has 0 aliphatic heterocycles. The lowest BCUT2D eigenvalue weighted by atomic mass is 10.1. The Kier molecular flexibility index (Phi) is 4.79. The van der Waals surface area contributed by atoms with E-state index in [0.717, 1.165) is 28.1 Å². The first-order valence-electron chi connectivity index (χ1n) is 7.99. The highest BCUT2D eigenvalue weighted by molar-refractivity contribution is 5.59.